The monoisotopic (exact) mass is 858 g/mol. The SMILES string of the molecule is CC(C)(C)c1cc(N2CN(c3cccc(Oc4ccc5c6cc(C#N)ccc6n(-c6cc(C(C)(C)C)ccn6)c5c4)c3)c3cccc(C45CC6CC(CC(C6)C4)C5)c32)cc(C(C)(C)C)c1. The number of anilines is 4. The largest absolute Gasteiger partial charge is 0.457 e. The van der Waals surface area contributed by atoms with Crippen molar-refractivity contribution in [2.45, 2.75) is 122 Å². The summed E-state index contributed by atoms with van der Waals surface area (Å²) in [5.74, 6) is 4.93. The summed E-state index contributed by atoms with van der Waals surface area (Å²) < 4.78 is 9.07. The highest BCUT2D eigenvalue weighted by molar-refractivity contribution is 6.10. The molecule has 0 saturated heterocycles. The molecule has 7 aromatic rings. The van der Waals surface area contributed by atoms with Crippen LogP contribution in [0, 0.1) is 29.1 Å². The fourth-order valence-corrected chi connectivity index (χ4v) is 12.5. The Labute approximate surface area is 385 Å². The fraction of sp³-hybridized carbons (Fsp3) is 0.390. The molecule has 12 rings (SSSR count). The normalized spacial score (nSPS) is 21.6. The van der Waals surface area contributed by atoms with Gasteiger partial charge in [0.2, 0.25) is 0 Å². The quantitative estimate of drug-likeness (QED) is 0.167. The maximum Gasteiger partial charge on any atom is 0.137 e. The minimum atomic E-state index is -0.0428. The van der Waals surface area contributed by atoms with Crippen LogP contribution in [0.15, 0.2) is 115 Å². The van der Waals surface area contributed by atoms with Crippen LogP contribution in [-0.4, -0.2) is 16.2 Å². The Hall–Kier alpha value is -6.06. The summed E-state index contributed by atoms with van der Waals surface area (Å²) in [5.41, 5.74) is 13.4. The van der Waals surface area contributed by atoms with E-state index in [2.05, 4.69) is 174 Å². The lowest BCUT2D eigenvalue weighted by Gasteiger charge is -2.57. The van der Waals surface area contributed by atoms with Gasteiger partial charge in [0.25, 0.3) is 0 Å². The number of benzene rings is 5. The topological polar surface area (TPSA) is 57.3 Å². The zero-order valence-electron chi connectivity index (χ0n) is 39.8. The van der Waals surface area contributed by atoms with E-state index >= 15 is 0 Å². The van der Waals surface area contributed by atoms with Gasteiger partial charge in [-0.3, -0.25) is 4.57 Å². The lowest BCUT2D eigenvalue weighted by molar-refractivity contribution is -0.00489. The first-order valence-corrected chi connectivity index (χ1v) is 24.0. The number of rotatable bonds is 6. The van der Waals surface area contributed by atoms with Crippen LogP contribution in [0.2, 0.25) is 0 Å². The van der Waals surface area contributed by atoms with Gasteiger partial charge in [-0.05, 0) is 173 Å². The number of ether oxygens (including phenoxy) is 1. The summed E-state index contributed by atoms with van der Waals surface area (Å²) >= 11 is 0. The van der Waals surface area contributed by atoms with Gasteiger partial charge in [-0.25, -0.2) is 4.98 Å². The van der Waals surface area contributed by atoms with Crippen molar-refractivity contribution in [3.8, 4) is 23.4 Å². The summed E-state index contributed by atoms with van der Waals surface area (Å²) in [5, 5.41) is 11.9. The highest BCUT2D eigenvalue weighted by Crippen LogP contribution is 2.64. The number of para-hydroxylation sites is 1. The van der Waals surface area contributed by atoms with Crippen molar-refractivity contribution < 1.29 is 4.74 Å². The molecule has 4 aliphatic carbocycles. The van der Waals surface area contributed by atoms with Crippen molar-refractivity contribution in [2.24, 2.45) is 17.8 Å². The van der Waals surface area contributed by atoms with Gasteiger partial charge < -0.3 is 14.5 Å². The second kappa shape index (κ2) is 14.7. The second-order valence-corrected chi connectivity index (χ2v) is 23.2. The number of aromatic nitrogens is 2. The minimum Gasteiger partial charge on any atom is -0.457 e. The molecule has 5 aliphatic rings. The van der Waals surface area contributed by atoms with Gasteiger partial charge in [0.05, 0.1) is 34.0 Å². The number of hydrogen-bond donors (Lipinski definition) is 0. The lowest BCUT2D eigenvalue weighted by Crippen LogP contribution is -2.48. The van der Waals surface area contributed by atoms with Crippen LogP contribution in [0.4, 0.5) is 22.7 Å². The molecule has 0 atom stereocenters. The van der Waals surface area contributed by atoms with Gasteiger partial charge in [-0.15, -0.1) is 0 Å². The first kappa shape index (κ1) is 41.6. The number of nitrogens with zero attached hydrogens (tertiary/aromatic N) is 5. The summed E-state index contributed by atoms with van der Waals surface area (Å²) in [4.78, 5) is 10.1. The van der Waals surface area contributed by atoms with E-state index in [0.29, 0.717) is 5.56 Å². The Kier molecular flexibility index (Phi) is 9.43. The molecule has 5 aromatic carbocycles. The number of pyridine rings is 1. The van der Waals surface area contributed by atoms with E-state index in [4.69, 9.17) is 9.72 Å². The first-order valence-electron chi connectivity index (χ1n) is 24.0. The Bertz CT molecular complexity index is 3000. The molecule has 0 N–H and O–H groups in total. The van der Waals surface area contributed by atoms with E-state index in [0.717, 1.165) is 69.2 Å². The van der Waals surface area contributed by atoms with E-state index in [1.165, 1.54) is 72.3 Å². The molecular formula is C59H63N5O. The Balaban J connectivity index is 1.01. The Morgan fingerprint density at radius 1 is 0.600 bits per heavy atom. The maximum atomic E-state index is 9.86. The standard InChI is InChI=1S/C59H63N5O/c1-56(2,3)41-20-21-61-54(29-41)64-51-19-16-37(35-60)25-49(51)48-18-17-47(31-53(48)64)65-46-13-10-12-44(30-46)62-36-63(45-27-42(57(4,5)6)26-43(28-45)58(7,8)9)55-50(14-11-15-52(55)62)59-32-38-22-39(33-59)24-40(23-38)34-59/h10-21,25-31,38-40H,22-24,32-34,36H2,1-9H3. The van der Waals surface area contributed by atoms with Crippen LogP contribution in [0.3, 0.4) is 0 Å². The van der Waals surface area contributed by atoms with Gasteiger partial charge >= 0.3 is 0 Å². The molecule has 6 heteroatoms. The third kappa shape index (κ3) is 7.18. The molecule has 65 heavy (non-hydrogen) atoms. The Morgan fingerprint density at radius 3 is 1.92 bits per heavy atom. The van der Waals surface area contributed by atoms with E-state index in [1.807, 2.05) is 24.4 Å². The molecule has 0 unspecified atom stereocenters. The Morgan fingerprint density at radius 2 is 1.26 bits per heavy atom. The van der Waals surface area contributed by atoms with E-state index in [1.54, 1.807) is 5.56 Å². The van der Waals surface area contributed by atoms with Crippen molar-refractivity contribution in [1.29, 1.82) is 5.26 Å². The number of hydrogen-bond acceptors (Lipinski definition) is 5. The average molecular weight is 858 g/mol. The van der Waals surface area contributed by atoms with Crippen LogP contribution < -0.4 is 14.5 Å². The molecule has 1 aliphatic heterocycles. The van der Waals surface area contributed by atoms with Crippen LogP contribution >= 0.6 is 0 Å². The zero-order valence-corrected chi connectivity index (χ0v) is 39.8. The number of fused-ring (bicyclic) bond motifs is 4. The van der Waals surface area contributed by atoms with Crippen LogP contribution in [0.1, 0.15) is 129 Å². The molecule has 4 fully saturated rings. The van der Waals surface area contributed by atoms with Gasteiger partial charge in [-0.2, -0.15) is 5.26 Å². The van der Waals surface area contributed by atoms with Crippen molar-refractivity contribution >= 4 is 44.6 Å². The van der Waals surface area contributed by atoms with Gasteiger partial charge in [0, 0.05) is 40.5 Å². The lowest BCUT2D eigenvalue weighted by atomic mass is 9.48. The summed E-state index contributed by atoms with van der Waals surface area (Å²) in [6.07, 6.45) is 10.2. The highest BCUT2D eigenvalue weighted by Gasteiger charge is 2.53. The van der Waals surface area contributed by atoms with Gasteiger partial charge in [-0.1, -0.05) is 86.6 Å². The highest BCUT2D eigenvalue weighted by atomic mass is 16.5. The molecule has 6 nitrogen and oxygen atoms in total. The number of nitriles is 1. The predicted molar refractivity (Wildman–Crippen MR) is 268 cm³/mol. The van der Waals surface area contributed by atoms with Crippen molar-refractivity contribution in [3.05, 3.63) is 143 Å². The fourth-order valence-electron chi connectivity index (χ4n) is 12.5. The van der Waals surface area contributed by atoms with Gasteiger partial charge in [0.1, 0.15) is 24.0 Å². The molecule has 2 aromatic heterocycles. The third-order valence-corrected chi connectivity index (χ3v) is 15.5. The van der Waals surface area contributed by atoms with Crippen LogP contribution in [0.25, 0.3) is 27.6 Å². The average Bonchev–Trinajstić information content (AvgIpc) is 3.81. The van der Waals surface area contributed by atoms with E-state index in [-0.39, 0.29) is 21.7 Å². The van der Waals surface area contributed by atoms with Crippen molar-refractivity contribution in [3.63, 3.8) is 0 Å². The van der Waals surface area contributed by atoms with Gasteiger partial charge in [0.15, 0.2) is 0 Å². The molecule has 4 bridgehead atoms. The molecule has 0 radical (unpaired) electrons. The molecule has 3 heterocycles. The van der Waals surface area contributed by atoms with Crippen LogP contribution in [-0.2, 0) is 21.7 Å². The zero-order chi connectivity index (χ0) is 45.2. The van der Waals surface area contributed by atoms with Crippen LogP contribution in [0.5, 0.6) is 11.5 Å². The first-order chi connectivity index (χ1) is 30.9. The molecule has 330 valence electrons. The molecule has 0 spiro atoms. The molecule has 0 amide bonds. The predicted octanol–water partition coefficient (Wildman–Crippen LogP) is 15.5. The minimum absolute atomic E-state index is 0.00724. The summed E-state index contributed by atoms with van der Waals surface area (Å²) in [6, 6.07) is 42.1. The smallest absolute Gasteiger partial charge is 0.137 e. The maximum absolute atomic E-state index is 9.86. The second-order valence-electron chi connectivity index (χ2n) is 23.2. The van der Waals surface area contributed by atoms with Crippen molar-refractivity contribution in [2.75, 3.05) is 16.5 Å². The third-order valence-electron chi connectivity index (χ3n) is 15.5. The summed E-state index contributed by atoms with van der Waals surface area (Å²) in [6.45, 7) is 21.5. The molecule has 4 saturated carbocycles. The van der Waals surface area contributed by atoms with Crippen molar-refractivity contribution in [1.82, 2.24) is 9.55 Å². The summed E-state index contributed by atoms with van der Waals surface area (Å²) in [7, 11) is 0. The van der Waals surface area contributed by atoms with E-state index < -0.39 is 0 Å². The van der Waals surface area contributed by atoms with E-state index in [9.17, 15) is 5.26 Å². The molecular weight excluding hydrogens is 795 g/mol.